The fraction of sp³-hybridized carbons (Fsp3) is 0.448. The lowest BCUT2D eigenvalue weighted by atomic mass is 9.97. The number of hydrogen-bond acceptors (Lipinski definition) is 5. The van der Waals surface area contributed by atoms with E-state index in [1.54, 1.807) is 6.20 Å². The van der Waals surface area contributed by atoms with Crippen molar-refractivity contribution in [3.05, 3.63) is 59.8 Å². The van der Waals surface area contributed by atoms with E-state index < -0.39 is 0 Å². The molecule has 34 heavy (non-hydrogen) atoms. The van der Waals surface area contributed by atoms with Crippen LogP contribution in [0.2, 0.25) is 0 Å². The summed E-state index contributed by atoms with van der Waals surface area (Å²) in [5.74, 6) is 1.53. The Hall–Kier alpha value is -2.92. The molecule has 3 aromatic rings. The number of hydrogen-bond donors (Lipinski definition) is 1. The Morgan fingerprint density at radius 3 is 2.62 bits per heavy atom. The number of benzene rings is 2. The molecular formula is C29H37N3O2. The van der Waals surface area contributed by atoms with Gasteiger partial charge in [0.15, 0.2) is 5.78 Å². The number of pyridine rings is 1. The number of rotatable bonds is 10. The highest BCUT2D eigenvalue weighted by atomic mass is 16.5. The molecule has 4 rings (SSSR count). The van der Waals surface area contributed by atoms with Crippen molar-refractivity contribution in [2.45, 2.75) is 52.9 Å². The van der Waals surface area contributed by atoms with Crippen molar-refractivity contribution in [1.82, 2.24) is 9.88 Å². The summed E-state index contributed by atoms with van der Waals surface area (Å²) in [5, 5.41) is 4.40. The van der Waals surface area contributed by atoms with Gasteiger partial charge in [0.25, 0.3) is 0 Å². The Morgan fingerprint density at radius 1 is 1.15 bits per heavy atom. The topological polar surface area (TPSA) is 54.5 Å². The number of nitrogens with zero attached hydrogens (tertiary/aromatic N) is 2. The Morgan fingerprint density at radius 2 is 1.91 bits per heavy atom. The number of aryl methyl sites for hydroxylation is 1. The molecule has 0 atom stereocenters. The molecule has 1 aliphatic heterocycles. The zero-order chi connectivity index (χ0) is 23.9. The van der Waals surface area contributed by atoms with Crippen LogP contribution >= 0.6 is 0 Å². The molecule has 2 heterocycles. The first-order chi connectivity index (χ1) is 16.6. The highest BCUT2D eigenvalue weighted by molar-refractivity contribution is 6.09. The molecule has 1 fully saturated rings. The van der Waals surface area contributed by atoms with Crippen LogP contribution in [0.1, 0.15) is 61.9 Å². The summed E-state index contributed by atoms with van der Waals surface area (Å²) in [6.07, 6.45) is 7.05. The number of nitrogens with one attached hydrogen (secondary N) is 1. The first-order valence-corrected chi connectivity index (χ1v) is 12.7. The summed E-state index contributed by atoms with van der Waals surface area (Å²) >= 11 is 0. The number of Topliss-reactive ketones (excluding diaryl/α,β-unsaturated/α-hetero) is 1. The van der Waals surface area contributed by atoms with Crippen LogP contribution in [0.3, 0.4) is 0 Å². The van der Waals surface area contributed by atoms with E-state index in [-0.39, 0.29) is 5.78 Å². The summed E-state index contributed by atoms with van der Waals surface area (Å²) in [5.41, 5.74) is 4.30. The largest absolute Gasteiger partial charge is 0.493 e. The number of ketones is 1. The highest BCUT2D eigenvalue weighted by Gasteiger charge is 2.21. The fourth-order valence-electron chi connectivity index (χ4n) is 4.65. The number of anilines is 2. The number of carbonyl (C=O) groups is 1. The molecule has 0 amide bonds. The zero-order valence-electron chi connectivity index (χ0n) is 20.8. The third kappa shape index (κ3) is 5.76. The van der Waals surface area contributed by atoms with Crippen molar-refractivity contribution >= 4 is 28.1 Å². The molecule has 1 saturated heterocycles. The minimum absolute atomic E-state index is 0.0747. The second kappa shape index (κ2) is 11.5. The molecule has 5 heteroatoms. The lowest BCUT2D eigenvalue weighted by molar-refractivity contribution is 0.0988. The van der Waals surface area contributed by atoms with Gasteiger partial charge < -0.3 is 15.0 Å². The fourth-order valence-corrected chi connectivity index (χ4v) is 4.65. The summed E-state index contributed by atoms with van der Waals surface area (Å²) in [7, 11) is 0. The lowest BCUT2D eigenvalue weighted by Gasteiger charge is -2.31. The number of aromatic nitrogens is 1. The van der Waals surface area contributed by atoms with Crippen LogP contribution in [0.4, 0.5) is 11.4 Å². The van der Waals surface area contributed by atoms with Gasteiger partial charge in [0, 0.05) is 23.7 Å². The first kappa shape index (κ1) is 24.2. The van der Waals surface area contributed by atoms with Crippen LogP contribution in [0.5, 0.6) is 5.75 Å². The molecule has 1 aromatic heterocycles. The van der Waals surface area contributed by atoms with Crippen LogP contribution < -0.4 is 10.1 Å². The van der Waals surface area contributed by atoms with Gasteiger partial charge in [-0.05, 0) is 81.6 Å². The average Bonchev–Trinajstić information content (AvgIpc) is 2.87. The predicted octanol–water partition coefficient (Wildman–Crippen LogP) is 6.77. The smallest absolute Gasteiger partial charge is 0.166 e. The van der Waals surface area contributed by atoms with Gasteiger partial charge in [0.1, 0.15) is 5.75 Å². The highest BCUT2D eigenvalue weighted by Crippen LogP contribution is 2.34. The Bertz CT molecular complexity index is 1110. The lowest BCUT2D eigenvalue weighted by Crippen LogP contribution is -2.36. The van der Waals surface area contributed by atoms with Gasteiger partial charge in [-0.2, -0.15) is 0 Å². The van der Waals surface area contributed by atoms with Crippen molar-refractivity contribution in [1.29, 1.82) is 0 Å². The molecule has 5 nitrogen and oxygen atoms in total. The predicted molar refractivity (Wildman–Crippen MR) is 140 cm³/mol. The standard InChI is InChI=1S/C29H37N3O2/c1-4-6-14-32-15-12-22(13-16-32)20-34-28-18-24-26(17-21(28)3)30-19-25(27(33)5-2)29(24)31-23-10-8-7-9-11-23/h7-11,17-19,22H,4-6,12-16,20H2,1-3H3,(H,30,31). The van der Waals surface area contributed by atoms with Crippen LogP contribution in [0.25, 0.3) is 10.9 Å². The number of carbonyl (C=O) groups excluding carboxylic acids is 1. The number of ether oxygens (including phenoxy) is 1. The second-order valence-corrected chi connectivity index (χ2v) is 9.40. The molecular weight excluding hydrogens is 422 g/mol. The van der Waals surface area contributed by atoms with Gasteiger partial charge in [0.2, 0.25) is 0 Å². The summed E-state index contributed by atoms with van der Waals surface area (Å²) in [4.78, 5) is 19.9. The van der Waals surface area contributed by atoms with Crippen LogP contribution in [-0.4, -0.2) is 41.9 Å². The average molecular weight is 460 g/mol. The number of piperidine rings is 1. The number of unbranched alkanes of at least 4 members (excludes halogenated alkanes) is 1. The van der Waals surface area contributed by atoms with Gasteiger partial charge in [-0.3, -0.25) is 9.78 Å². The molecule has 0 bridgehead atoms. The number of likely N-dealkylation sites (tertiary alicyclic amines) is 1. The summed E-state index contributed by atoms with van der Waals surface area (Å²) < 4.78 is 6.37. The Kier molecular flexibility index (Phi) is 8.17. The molecule has 0 spiro atoms. The van der Waals surface area contributed by atoms with E-state index in [0.717, 1.165) is 40.2 Å². The van der Waals surface area contributed by atoms with E-state index >= 15 is 0 Å². The molecule has 2 aromatic carbocycles. The van der Waals surface area contributed by atoms with Gasteiger partial charge in [-0.25, -0.2) is 0 Å². The summed E-state index contributed by atoms with van der Waals surface area (Å²) in [6, 6.07) is 14.1. The third-order valence-electron chi connectivity index (χ3n) is 6.84. The molecule has 1 aliphatic rings. The molecule has 1 N–H and O–H groups in total. The minimum atomic E-state index is 0.0747. The first-order valence-electron chi connectivity index (χ1n) is 12.7. The minimum Gasteiger partial charge on any atom is -0.493 e. The van der Waals surface area contributed by atoms with E-state index in [0.29, 0.717) is 17.9 Å². The molecule has 0 radical (unpaired) electrons. The maximum Gasteiger partial charge on any atom is 0.166 e. The van der Waals surface area contributed by atoms with Crippen molar-refractivity contribution in [3.8, 4) is 5.75 Å². The van der Waals surface area contributed by atoms with Gasteiger partial charge in [-0.15, -0.1) is 0 Å². The van der Waals surface area contributed by atoms with E-state index in [1.807, 2.05) is 37.3 Å². The van der Waals surface area contributed by atoms with Gasteiger partial charge in [-0.1, -0.05) is 38.5 Å². The summed E-state index contributed by atoms with van der Waals surface area (Å²) in [6.45, 7) is 10.5. The zero-order valence-corrected chi connectivity index (χ0v) is 20.8. The second-order valence-electron chi connectivity index (χ2n) is 9.40. The van der Waals surface area contributed by atoms with Gasteiger partial charge >= 0.3 is 0 Å². The number of para-hydroxylation sites is 1. The third-order valence-corrected chi connectivity index (χ3v) is 6.84. The molecule has 0 aliphatic carbocycles. The maximum absolute atomic E-state index is 12.7. The van der Waals surface area contributed by atoms with Crippen molar-refractivity contribution in [2.75, 3.05) is 31.6 Å². The van der Waals surface area contributed by atoms with E-state index in [9.17, 15) is 4.79 Å². The van der Waals surface area contributed by atoms with Crippen molar-refractivity contribution < 1.29 is 9.53 Å². The SMILES string of the molecule is CCCCN1CCC(COc2cc3c(Nc4ccccc4)c(C(=O)CC)cnc3cc2C)CC1. The number of fused-ring (bicyclic) bond motifs is 1. The van der Waals surface area contributed by atoms with E-state index in [1.165, 1.54) is 45.3 Å². The van der Waals surface area contributed by atoms with Crippen LogP contribution in [-0.2, 0) is 0 Å². The Labute approximate surface area is 203 Å². The monoisotopic (exact) mass is 459 g/mol. The van der Waals surface area contributed by atoms with E-state index in [4.69, 9.17) is 4.74 Å². The normalized spacial score (nSPS) is 14.9. The van der Waals surface area contributed by atoms with Crippen LogP contribution in [0, 0.1) is 12.8 Å². The maximum atomic E-state index is 12.7. The molecule has 180 valence electrons. The van der Waals surface area contributed by atoms with Crippen molar-refractivity contribution in [2.24, 2.45) is 5.92 Å². The molecule has 0 unspecified atom stereocenters. The van der Waals surface area contributed by atoms with Crippen molar-refractivity contribution in [3.63, 3.8) is 0 Å². The van der Waals surface area contributed by atoms with Gasteiger partial charge in [0.05, 0.1) is 23.4 Å². The quantitative estimate of drug-likeness (QED) is 0.339. The van der Waals surface area contributed by atoms with E-state index in [2.05, 4.69) is 41.2 Å². The Balaban J connectivity index is 1.57. The molecule has 0 saturated carbocycles. The van der Waals surface area contributed by atoms with Crippen LogP contribution in [0.15, 0.2) is 48.7 Å².